The number of aromatic nitrogens is 4. The molecule has 66 heavy (non-hydrogen) atoms. The average Bonchev–Trinajstić information content (AvgIpc) is 4.20. The maximum Gasteiger partial charge on any atom is 0.407 e. The number of allylic oxidation sites excluding steroid dienone is 1. The van der Waals surface area contributed by atoms with Gasteiger partial charge in [-0.1, -0.05) is 40.5 Å². The number of rotatable bonds is 11. The summed E-state index contributed by atoms with van der Waals surface area (Å²) in [6.45, 7) is 11.2. The van der Waals surface area contributed by atoms with Crippen molar-refractivity contribution in [2.45, 2.75) is 72.3 Å². The number of aliphatic hydroxyl groups excluding tert-OH is 2. The Labute approximate surface area is 394 Å². The number of H-pyrrole nitrogens is 2. The van der Waals surface area contributed by atoms with Gasteiger partial charge in [0.05, 0.1) is 14.2 Å². The number of alkyl halides is 1. The number of carbonyl (C=O) groups is 5. The number of carbonyl (C=O) groups excluding carboxylic acids is 5. The summed E-state index contributed by atoms with van der Waals surface area (Å²) in [4.78, 5) is 77.6. The van der Waals surface area contributed by atoms with E-state index in [2.05, 4.69) is 72.7 Å². The van der Waals surface area contributed by atoms with Crippen LogP contribution < -0.4 is 10.6 Å². The third-order valence-corrected chi connectivity index (χ3v) is 15.1. The minimum absolute atomic E-state index is 0.0344. The van der Waals surface area contributed by atoms with Crippen LogP contribution in [-0.4, -0.2) is 147 Å². The third kappa shape index (κ3) is 16.9. The summed E-state index contributed by atoms with van der Waals surface area (Å²) < 4.78 is 16.5. The Kier molecular flexibility index (Phi) is 24.5. The number of ether oxygens (including phenoxy) is 3. The van der Waals surface area contributed by atoms with E-state index in [-0.39, 0.29) is 43.1 Å². The molecule has 0 spiro atoms. The van der Waals surface area contributed by atoms with E-state index in [9.17, 15) is 34.2 Å². The molecule has 6 N–H and O–H groups in total. The Balaban J connectivity index is 0.000000296. The van der Waals surface area contributed by atoms with E-state index in [1.54, 1.807) is 34.8 Å². The van der Waals surface area contributed by atoms with E-state index in [0.29, 0.717) is 5.56 Å². The van der Waals surface area contributed by atoms with Crippen LogP contribution in [0, 0.1) is 3.57 Å². The molecule has 2 aromatic heterocycles. The number of hydrogen-bond acceptors (Lipinski definition) is 12. The zero-order valence-corrected chi connectivity index (χ0v) is 41.3. The van der Waals surface area contributed by atoms with Crippen molar-refractivity contribution in [1.82, 2.24) is 40.4 Å². The fourth-order valence-electron chi connectivity index (χ4n) is 6.44. The number of likely N-dealkylation sites (tertiary alicyclic amines) is 2. The van der Waals surface area contributed by atoms with E-state index < -0.39 is 44.7 Å². The van der Waals surface area contributed by atoms with Gasteiger partial charge in [-0.05, 0) is 25.7 Å². The molecule has 2 aromatic carbocycles. The number of halogens is 1. The molecule has 18 nitrogen and oxygen atoms in total. The fourth-order valence-corrected chi connectivity index (χ4v) is 11.4. The van der Waals surface area contributed by atoms with E-state index in [1.165, 1.54) is 27.1 Å². The fraction of sp³-hybridized carbons (Fsp3) is 0.468. The van der Waals surface area contributed by atoms with Gasteiger partial charge in [-0.2, -0.15) is 0 Å². The topological polar surface area (TPSA) is 241 Å². The summed E-state index contributed by atoms with van der Waals surface area (Å²) >= 11 is -2.05. The molecule has 7 rings (SSSR count). The molecule has 4 amide bonds. The first kappa shape index (κ1) is 54.5. The van der Waals surface area contributed by atoms with Crippen LogP contribution >= 0.6 is 19.8 Å². The van der Waals surface area contributed by atoms with Crippen LogP contribution in [0.25, 0.3) is 26.1 Å². The molecule has 0 saturated carbocycles. The standard InChI is InChI=1S/C25H23IN4O4.2C8H14N2O3.2C3H8/c1-26-20-7-6-17(22-10-28-14-30-22)8-19(20)24(33)25(34-12-18(32)11-31)23(26)16-4-2-15(3-5-16)21-9-27-13-29-21;2*1-13-8(12)9-6-7(11)10-4-2-3-5-10;2*1-3-2/h2-10,13-14,18,31-32H,11-12H2,1H3,(H,27,29)(H,28,30);2*2-6H2,1H3,(H,9,12);2*3H2,1-2H3. The molecule has 4 aromatic rings. The van der Waals surface area contributed by atoms with Crippen LogP contribution in [0.1, 0.15) is 82.1 Å². The van der Waals surface area contributed by atoms with Gasteiger partial charge in [0.25, 0.3) is 0 Å². The molecule has 362 valence electrons. The van der Waals surface area contributed by atoms with Gasteiger partial charge in [0, 0.05) is 26.2 Å². The van der Waals surface area contributed by atoms with Gasteiger partial charge < -0.3 is 29.9 Å². The smallest absolute Gasteiger partial charge is 0.407 e. The van der Waals surface area contributed by atoms with Gasteiger partial charge in [-0.15, -0.1) is 0 Å². The molecule has 0 bridgehead atoms. The molecule has 2 fully saturated rings. The normalized spacial score (nSPS) is 14.6. The van der Waals surface area contributed by atoms with Gasteiger partial charge in [-0.3, -0.25) is 9.59 Å². The first-order valence-electron chi connectivity index (χ1n) is 22.1. The van der Waals surface area contributed by atoms with Crippen LogP contribution in [0.15, 0.2) is 73.3 Å². The Hall–Kier alpha value is -5.80. The van der Waals surface area contributed by atoms with Crippen molar-refractivity contribution in [2.75, 3.05) is 71.6 Å². The molecule has 1 unspecified atom stereocenters. The van der Waals surface area contributed by atoms with Crippen LogP contribution in [0.4, 0.5) is 9.59 Å². The first-order valence-corrected chi connectivity index (χ1v) is 26.4. The zero-order chi connectivity index (χ0) is 48.4. The van der Waals surface area contributed by atoms with Crippen molar-refractivity contribution < 1.29 is 48.4 Å². The van der Waals surface area contributed by atoms with E-state index in [1.807, 2.05) is 42.5 Å². The summed E-state index contributed by atoms with van der Waals surface area (Å²) in [6.07, 6.45) is 11.3. The largest absolute Gasteiger partial charge is 0.453 e. The minimum atomic E-state index is -2.05. The summed E-state index contributed by atoms with van der Waals surface area (Å²) in [6, 6.07) is 13.9. The van der Waals surface area contributed by atoms with Crippen molar-refractivity contribution in [3.8, 4) is 22.5 Å². The average molecular weight is 1030 g/mol. The molecular formula is C47H67IN8O10. The number of nitrogens with zero attached hydrogens (tertiary/aromatic N) is 4. The molecule has 3 aliphatic rings. The van der Waals surface area contributed by atoms with Crippen molar-refractivity contribution in [1.29, 1.82) is 0 Å². The van der Waals surface area contributed by atoms with Gasteiger partial charge in [0.15, 0.2) is 0 Å². The predicted molar refractivity (Wildman–Crippen MR) is 261 cm³/mol. The second-order valence-electron chi connectivity index (χ2n) is 15.1. The van der Waals surface area contributed by atoms with Crippen LogP contribution in [0.3, 0.4) is 0 Å². The molecule has 3 aliphatic heterocycles. The summed E-state index contributed by atoms with van der Waals surface area (Å²) in [5.41, 5.74) is 5.13. The molecular weight excluding hydrogens is 963 g/mol. The Bertz CT molecular complexity index is 2070. The van der Waals surface area contributed by atoms with E-state index >= 15 is 0 Å². The van der Waals surface area contributed by atoms with Gasteiger partial charge in [0.2, 0.25) is 11.8 Å². The van der Waals surface area contributed by atoms with Crippen LogP contribution in [0.5, 0.6) is 0 Å². The quantitative estimate of drug-likeness (QED) is 0.0700. The number of amides is 4. The first-order chi connectivity index (χ1) is 31.9. The summed E-state index contributed by atoms with van der Waals surface area (Å²) in [5.74, 6) is -0.0425. The summed E-state index contributed by atoms with van der Waals surface area (Å²) in [7, 11) is 2.55. The predicted octanol–water partition coefficient (Wildman–Crippen LogP) is 6.47. The molecule has 2 saturated heterocycles. The number of aromatic amines is 2. The Morgan fingerprint density at radius 3 is 1.61 bits per heavy atom. The Morgan fingerprint density at radius 1 is 0.742 bits per heavy atom. The second-order valence-corrected chi connectivity index (χ2v) is 20.0. The number of methoxy groups -OCH3 is 2. The van der Waals surface area contributed by atoms with Crippen molar-refractivity contribution >= 4 is 53.2 Å². The van der Waals surface area contributed by atoms with E-state index in [4.69, 9.17) is 4.74 Å². The van der Waals surface area contributed by atoms with Gasteiger partial charge in [-0.25, -0.2) is 9.59 Å². The van der Waals surface area contributed by atoms with Gasteiger partial charge >= 0.3 is 216 Å². The molecule has 5 heterocycles. The molecule has 19 heteroatoms. The Morgan fingerprint density at radius 2 is 1.18 bits per heavy atom. The number of aliphatic hydroxyl groups is 2. The van der Waals surface area contributed by atoms with Gasteiger partial charge in [0.1, 0.15) is 13.1 Å². The number of nitrogens with one attached hydrogen (secondary N) is 4. The molecule has 0 radical (unpaired) electrons. The van der Waals surface area contributed by atoms with Crippen molar-refractivity contribution in [2.24, 2.45) is 0 Å². The molecule has 0 aliphatic carbocycles. The van der Waals surface area contributed by atoms with Crippen LogP contribution in [0.2, 0.25) is 0 Å². The third-order valence-electron chi connectivity index (χ3n) is 9.65. The van der Waals surface area contributed by atoms with Crippen molar-refractivity contribution in [3.05, 3.63) is 88.0 Å². The number of imidazole rings is 2. The monoisotopic (exact) mass is 1030 g/mol. The molecule has 1 atom stereocenters. The number of alkyl carbamates (subject to hydrolysis) is 2. The zero-order valence-electron chi connectivity index (χ0n) is 39.2. The van der Waals surface area contributed by atoms with E-state index in [0.717, 1.165) is 87.1 Å². The SMILES string of the molecule is CCC.CCC.CI1C(c2ccc(-c3cnc[nH]3)cc2)=C(OCC(O)CO)C(=O)c2cc(-c3cnc[nH]3)ccc21.COC(=O)NCC(=O)N1CCCC1.COC(=O)NCC(=O)N1CCCC1. The maximum atomic E-state index is 13.7. The number of fused-ring (bicyclic) bond motifs is 1. The number of Topliss-reactive ketones (excluding diaryl/α,β-unsaturated/α-hetero) is 1. The van der Waals surface area contributed by atoms with Crippen LogP contribution in [-0.2, 0) is 23.8 Å². The number of benzene rings is 2. The summed E-state index contributed by atoms with van der Waals surface area (Å²) in [5, 5.41) is 23.8. The minimum Gasteiger partial charge on any atom is -0.453 e. The number of ketones is 1. The second kappa shape index (κ2) is 29.7. The maximum absolute atomic E-state index is 13.7. The van der Waals surface area contributed by atoms with Crippen molar-refractivity contribution in [3.63, 3.8) is 0 Å². The number of hydrogen-bond donors (Lipinski definition) is 6.